The number of benzene rings is 2. The monoisotopic (exact) mass is 703 g/mol. The highest BCUT2D eigenvalue weighted by molar-refractivity contribution is 9.10. The molecule has 4 atom stereocenters. The minimum absolute atomic E-state index is 0.0349. The number of aliphatic hydroxyl groups is 1. The van der Waals surface area contributed by atoms with E-state index < -0.39 is 102 Å². The summed E-state index contributed by atoms with van der Waals surface area (Å²) in [5.74, 6) is -7.09. The molecule has 3 rings (SSSR count). The van der Waals surface area contributed by atoms with Crippen LogP contribution in [-0.4, -0.2) is 82.6 Å². The number of carbonyl (C=O) groups excluding carboxylic acids is 3. The van der Waals surface area contributed by atoms with Gasteiger partial charge in [-0.25, -0.2) is 22.4 Å². The Kier molecular flexibility index (Phi) is 12.9. The van der Waals surface area contributed by atoms with Crippen LogP contribution in [0, 0.1) is 17.6 Å². The molecule has 1 heterocycles. The maximum Gasteiger partial charge on any atom is 0.335 e. The topological polar surface area (TPSA) is 145 Å². The van der Waals surface area contributed by atoms with Crippen LogP contribution >= 0.6 is 15.9 Å². The van der Waals surface area contributed by atoms with Crippen LogP contribution in [-0.2, 0) is 32.1 Å². The highest BCUT2D eigenvalue weighted by atomic mass is 79.9. The van der Waals surface area contributed by atoms with Gasteiger partial charge in [0.1, 0.15) is 29.8 Å². The van der Waals surface area contributed by atoms with Gasteiger partial charge in [-0.1, -0.05) is 41.9 Å². The fourth-order valence-electron chi connectivity index (χ4n) is 4.74. The number of nitrogens with one attached hydrogen (secondary N) is 2. The lowest BCUT2D eigenvalue weighted by atomic mass is 10.1. The number of hydrogen-bond donors (Lipinski definition) is 4. The van der Waals surface area contributed by atoms with E-state index in [-0.39, 0.29) is 19.6 Å². The Balaban J connectivity index is 1.70. The molecule has 2 aromatic rings. The largest absolute Gasteiger partial charge is 0.478 e. The van der Waals surface area contributed by atoms with Crippen LogP contribution in [0.25, 0.3) is 0 Å². The van der Waals surface area contributed by atoms with Crippen molar-refractivity contribution in [2.45, 2.75) is 70.4 Å². The molecule has 1 aliphatic rings. The summed E-state index contributed by atoms with van der Waals surface area (Å²) < 4.78 is 62.1. The third kappa shape index (κ3) is 9.96. The molecule has 0 aliphatic carbocycles. The van der Waals surface area contributed by atoms with Gasteiger partial charge in [0.25, 0.3) is 5.91 Å². The number of amides is 3. The van der Waals surface area contributed by atoms with Crippen molar-refractivity contribution < 1.29 is 51.7 Å². The number of hydrogen-bond acceptors (Lipinski definition) is 6. The molecule has 45 heavy (non-hydrogen) atoms. The van der Waals surface area contributed by atoms with Gasteiger partial charge in [0, 0.05) is 36.0 Å². The summed E-state index contributed by atoms with van der Waals surface area (Å²) >= 11 is 3.34. The van der Waals surface area contributed by atoms with Crippen LogP contribution in [0.1, 0.15) is 48.2 Å². The first kappa shape index (κ1) is 35.9. The number of carbonyl (C=O) groups is 4. The lowest BCUT2D eigenvalue weighted by Crippen LogP contribution is -2.55. The van der Waals surface area contributed by atoms with Gasteiger partial charge >= 0.3 is 5.97 Å². The average molecular weight is 705 g/mol. The summed E-state index contributed by atoms with van der Waals surface area (Å²) in [5.41, 5.74) is -0.316. The number of halogens is 5. The number of nitrogens with zero attached hydrogens (tertiary/aromatic N) is 1. The first-order valence-corrected chi connectivity index (χ1v) is 14.9. The van der Waals surface area contributed by atoms with Crippen LogP contribution in [0.5, 0.6) is 0 Å². The predicted octanol–water partition coefficient (Wildman–Crippen LogP) is 3.43. The number of alkyl halides is 2. The van der Waals surface area contributed by atoms with E-state index in [4.69, 9.17) is 9.84 Å². The number of rotatable bonds is 14. The molecular formula is C30H34BrF4N3O7. The van der Waals surface area contributed by atoms with Crippen molar-refractivity contribution in [3.63, 3.8) is 0 Å². The van der Waals surface area contributed by atoms with E-state index in [1.54, 1.807) is 13.8 Å². The highest BCUT2D eigenvalue weighted by Gasteiger charge is 2.43. The third-order valence-electron chi connectivity index (χ3n) is 7.24. The molecule has 3 amide bonds. The summed E-state index contributed by atoms with van der Waals surface area (Å²) in [7, 11) is 0. The number of aliphatic hydroxyl groups excluding tert-OH is 1. The minimum atomic E-state index is -3.02. The van der Waals surface area contributed by atoms with Crippen molar-refractivity contribution in [3.8, 4) is 0 Å². The van der Waals surface area contributed by atoms with Crippen LogP contribution in [0.2, 0.25) is 0 Å². The third-order valence-corrected chi connectivity index (χ3v) is 7.77. The lowest BCUT2D eigenvalue weighted by Gasteiger charge is -2.28. The molecule has 0 saturated carbocycles. The summed E-state index contributed by atoms with van der Waals surface area (Å²) in [6.45, 7) is 2.88. The van der Waals surface area contributed by atoms with Crippen molar-refractivity contribution in [1.29, 1.82) is 0 Å². The maximum atomic E-state index is 14.2. The molecule has 1 saturated heterocycles. The van der Waals surface area contributed by atoms with E-state index in [0.29, 0.717) is 12.1 Å². The summed E-state index contributed by atoms with van der Waals surface area (Å²) in [6.07, 6.45) is -6.68. The standard InChI is InChI=1S/C30H34BrF4N3O7/c1-15(2)26(39)29(42)38-13-19(45-14-16-3-5-18(31)6-4-16)11-24(38)28(41)37-23(12-25(34)35)27(40)36-8-7-20-21(32)9-17(30(43)44)10-22(20)33/h3-6,9-10,15,19,23-26,39H,7-8,11-14H2,1-2H3,(H,36,40)(H,37,41)(H,43,44)/t19-,23+,24+,26+/m1/s1. The fraction of sp³-hybridized carbons (Fsp3) is 0.467. The molecule has 15 heteroatoms. The number of carboxylic acids is 1. The second kappa shape index (κ2) is 16.1. The van der Waals surface area contributed by atoms with E-state index in [2.05, 4.69) is 26.6 Å². The minimum Gasteiger partial charge on any atom is -0.478 e. The van der Waals surface area contributed by atoms with E-state index in [1.165, 1.54) is 0 Å². The molecule has 0 radical (unpaired) electrons. The Labute approximate surface area is 265 Å². The molecule has 4 N–H and O–H groups in total. The quantitative estimate of drug-likeness (QED) is 0.221. The van der Waals surface area contributed by atoms with Crippen LogP contribution < -0.4 is 10.6 Å². The van der Waals surface area contributed by atoms with Gasteiger partial charge in [0.2, 0.25) is 18.2 Å². The molecule has 2 aromatic carbocycles. The Morgan fingerprint density at radius 2 is 1.71 bits per heavy atom. The van der Waals surface area contributed by atoms with Crippen molar-refractivity contribution >= 4 is 39.6 Å². The Morgan fingerprint density at radius 3 is 2.27 bits per heavy atom. The van der Waals surface area contributed by atoms with Crippen LogP contribution in [0.15, 0.2) is 40.9 Å². The molecule has 246 valence electrons. The van der Waals surface area contributed by atoms with Crippen molar-refractivity contribution in [1.82, 2.24) is 15.5 Å². The van der Waals surface area contributed by atoms with E-state index >= 15 is 0 Å². The summed E-state index contributed by atoms with van der Waals surface area (Å²) in [4.78, 5) is 51.4. The molecular weight excluding hydrogens is 670 g/mol. The number of carboxylic acid groups (broad SMARTS) is 1. The number of likely N-dealkylation sites (tertiary alicyclic amines) is 1. The zero-order valence-electron chi connectivity index (χ0n) is 24.4. The zero-order valence-corrected chi connectivity index (χ0v) is 26.0. The van der Waals surface area contributed by atoms with Gasteiger partial charge in [0.05, 0.1) is 18.3 Å². The maximum absolute atomic E-state index is 14.2. The Hall–Kier alpha value is -3.56. The fourth-order valence-corrected chi connectivity index (χ4v) is 5.00. The van der Waals surface area contributed by atoms with Gasteiger partial charge in [-0.2, -0.15) is 0 Å². The highest BCUT2D eigenvalue weighted by Crippen LogP contribution is 2.25. The number of ether oxygens (including phenoxy) is 1. The van der Waals surface area contributed by atoms with Crippen molar-refractivity contribution in [2.24, 2.45) is 5.92 Å². The van der Waals surface area contributed by atoms with Gasteiger partial charge in [0.15, 0.2) is 0 Å². The normalized spacial score (nSPS) is 17.8. The predicted molar refractivity (Wildman–Crippen MR) is 156 cm³/mol. The molecule has 0 bridgehead atoms. The molecule has 0 spiro atoms. The van der Waals surface area contributed by atoms with Gasteiger partial charge in [-0.3, -0.25) is 14.4 Å². The first-order chi connectivity index (χ1) is 21.2. The molecule has 1 aliphatic heterocycles. The van der Waals surface area contributed by atoms with Crippen molar-refractivity contribution in [3.05, 3.63) is 69.2 Å². The second-order valence-electron chi connectivity index (χ2n) is 10.9. The molecule has 0 unspecified atom stereocenters. The van der Waals surface area contributed by atoms with Crippen molar-refractivity contribution in [2.75, 3.05) is 13.1 Å². The zero-order chi connectivity index (χ0) is 33.4. The van der Waals surface area contributed by atoms with Gasteiger partial charge < -0.3 is 30.5 Å². The molecule has 0 aromatic heterocycles. The molecule has 1 fully saturated rings. The lowest BCUT2D eigenvalue weighted by molar-refractivity contribution is -0.147. The summed E-state index contributed by atoms with van der Waals surface area (Å²) in [5, 5.41) is 23.9. The first-order valence-electron chi connectivity index (χ1n) is 14.1. The van der Waals surface area contributed by atoms with E-state index in [9.17, 15) is 41.8 Å². The second-order valence-corrected chi connectivity index (χ2v) is 11.9. The average Bonchev–Trinajstić information content (AvgIpc) is 3.41. The smallest absolute Gasteiger partial charge is 0.335 e. The van der Waals surface area contributed by atoms with E-state index in [0.717, 1.165) is 14.9 Å². The Morgan fingerprint density at radius 1 is 1.09 bits per heavy atom. The Bertz CT molecular complexity index is 1360. The summed E-state index contributed by atoms with van der Waals surface area (Å²) in [6, 6.07) is 5.47. The molecule has 10 nitrogen and oxygen atoms in total. The van der Waals surface area contributed by atoms with Gasteiger partial charge in [-0.05, 0) is 42.2 Å². The SMILES string of the molecule is CC(C)[C@H](O)C(=O)N1C[C@H](OCc2ccc(Br)cc2)C[C@H]1C(=O)N[C@@H](CC(F)F)C(=O)NCCc1c(F)cc(C(=O)O)cc1F. The van der Waals surface area contributed by atoms with Crippen LogP contribution in [0.4, 0.5) is 17.6 Å². The van der Waals surface area contributed by atoms with E-state index in [1.807, 2.05) is 24.3 Å². The number of aromatic carboxylic acids is 1. The van der Waals surface area contributed by atoms with Crippen LogP contribution in [0.3, 0.4) is 0 Å². The van der Waals surface area contributed by atoms with Gasteiger partial charge in [-0.15, -0.1) is 0 Å².